The average Bonchev–Trinajstić information content (AvgIpc) is 3.15. The van der Waals surface area contributed by atoms with Gasteiger partial charge < -0.3 is 10.4 Å². The Labute approximate surface area is 129 Å². The monoisotopic (exact) mass is 297 g/mol. The van der Waals surface area contributed by atoms with Crippen LogP contribution in [0.2, 0.25) is 0 Å². The highest BCUT2D eigenvalue weighted by atomic mass is 16.4. The van der Waals surface area contributed by atoms with E-state index in [0.29, 0.717) is 0 Å². The van der Waals surface area contributed by atoms with E-state index in [2.05, 4.69) is 11.4 Å². The fourth-order valence-corrected chi connectivity index (χ4v) is 4.55. The molecule has 0 aromatic heterocycles. The third-order valence-electron chi connectivity index (χ3n) is 5.75. The molecule has 4 atom stereocenters. The van der Waals surface area contributed by atoms with E-state index >= 15 is 0 Å². The molecule has 0 saturated heterocycles. The number of aryl methyl sites for hydroxylation is 1. The number of nitrogens with one attached hydrogen (secondary N) is 1. The lowest BCUT2D eigenvalue weighted by atomic mass is 9.82. The first-order valence-electron chi connectivity index (χ1n) is 7.82. The highest BCUT2D eigenvalue weighted by molar-refractivity contribution is 5.96. The van der Waals surface area contributed by atoms with E-state index in [1.807, 2.05) is 37.3 Å². The first-order valence-corrected chi connectivity index (χ1v) is 7.82. The normalized spacial score (nSPS) is 33.1. The summed E-state index contributed by atoms with van der Waals surface area (Å²) in [5.41, 5.74) is 1.93. The molecule has 22 heavy (non-hydrogen) atoms. The Bertz CT molecular complexity index is 672. The second-order valence-electron chi connectivity index (χ2n) is 6.91. The minimum atomic E-state index is -0.841. The molecule has 0 heterocycles. The smallest absolute Gasteiger partial charge is 0.307 e. The molecule has 1 aromatic carbocycles. The van der Waals surface area contributed by atoms with Gasteiger partial charge in [-0.05, 0) is 49.1 Å². The number of hydrogen-bond acceptors (Lipinski definition) is 2. The van der Waals surface area contributed by atoms with Crippen molar-refractivity contribution in [3.05, 3.63) is 42.0 Å². The van der Waals surface area contributed by atoms with Crippen LogP contribution in [0.15, 0.2) is 36.4 Å². The number of anilines is 1. The van der Waals surface area contributed by atoms with Gasteiger partial charge in [-0.2, -0.15) is 0 Å². The van der Waals surface area contributed by atoms with Crippen LogP contribution in [0.25, 0.3) is 0 Å². The summed E-state index contributed by atoms with van der Waals surface area (Å²) in [5.74, 6) is -1.90. The maximum atomic E-state index is 12.7. The summed E-state index contributed by atoms with van der Waals surface area (Å²) in [6.07, 6.45) is 6.21. The minimum absolute atomic E-state index is 0.0313. The summed E-state index contributed by atoms with van der Waals surface area (Å²) in [7, 11) is 0. The van der Waals surface area contributed by atoms with Crippen LogP contribution in [-0.4, -0.2) is 17.0 Å². The van der Waals surface area contributed by atoms with Crippen LogP contribution < -0.4 is 5.32 Å². The van der Waals surface area contributed by atoms with Crippen molar-refractivity contribution in [2.24, 2.45) is 29.1 Å². The standard InChI is InChI=1S/C18H19NO3/c1-10-2-4-11(5-3-10)19-16(20)14-12-6-7-13(15(14)17(21)22)18(12)8-9-18/h2-7,12-15H,8-9H2,1H3,(H,19,20)(H,21,22)/t12-,13+,14-,15+/m1/s1. The molecule has 2 bridgehead atoms. The van der Waals surface area contributed by atoms with Gasteiger partial charge in [-0.25, -0.2) is 0 Å². The largest absolute Gasteiger partial charge is 0.481 e. The van der Waals surface area contributed by atoms with Gasteiger partial charge in [-0.3, -0.25) is 9.59 Å². The molecule has 0 aliphatic heterocycles. The number of carboxylic acids is 1. The number of carboxylic acid groups (broad SMARTS) is 1. The van der Waals surface area contributed by atoms with Crippen molar-refractivity contribution in [2.75, 3.05) is 5.32 Å². The first kappa shape index (κ1) is 13.6. The van der Waals surface area contributed by atoms with Crippen molar-refractivity contribution in [1.29, 1.82) is 0 Å². The Kier molecular flexibility index (Phi) is 2.74. The van der Waals surface area contributed by atoms with Gasteiger partial charge in [0.25, 0.3) is 0 Å². The highest BCUT2D eigenvalue weighted by Crippen LogP contribution is 2.72. The molecular weight excluding hydrogens is 278 g/mol. The molecular formula is C18H19NO3. The Morgan fingerprint density at radius 2 is 1.68 bits per heavy atom. The second-order valence-corrected chi connectivity index (χ2v) is 6.91. The van der Waals surface area contributed by atoms with Crippen LogP contribution in [0.5, 0.6) is 0 Å². The van der Waals surface area contributed by atoms with Gasteiger partial charge in [0, 0.05) is 5.69 Å². The quantitative estimate of drug-likeness (QED) is 0.843. The molecule has 3 aliphatic rings. The summed E-state index contributed by atoms with van der Waals surface area (Å²) in [5, 5.41) is 12.5. The number of hydrogen-bond donors (Lipinski definition) is 2. The molecule has 114 valence electrons. The Hall–Kier alpha value is -2.10. The fraction of sp³-hybridized carbons (Fsp3) is 0.444. The van der Waals surface area contributed by atoms with Crippen molar-refractivity contribution in [1.82, 2.24) is 0 Å². The van der Waals surface area contributed by atoms with Gasteiger partial charge in [-0.15, -0.1) is 0 Å². The van der Waals surface area contributed by atoms with E-state index in [-0.39, 0.29) is 23.2 Å². The average molecular weight is 297 g/mol. The summed E-state index contributed by atoms with van der Waals surface area (Å²) in [4.78, 5) is 24.4. The zero-order valence-corrected chi connectivity index (χ0v) is 12.5. The number of benzene rings is 1. The van der Waals surface area contributed by atoms with Crippen LogP contribution in [-0.2, 0) is 9.59 Å². The van der Waals surface area contributed by atoms with Gasteiger partial charge in [-0.1, -0.05) is 29.8 Å². The van der Waals surface area contributed by atoms with Crippen molar-refractivity contribution in [3.8, 4) is 0 Å². The SMILES string of the molecule is Cc1ccc(NC(=O)[C@H]2[C@@H](C(=O)O)[C@@H]3C=C[C@H]2C32CC2)cc1. The van der Waals surface area contributed by atoms with Crippen LogP contribution >= 0.6 is 0 Å². The van der Waals surface area contributed by atoms with Crippen molar-refractivity contribution >= 4 is 17.6 Å². The number of aliphatic carboxylic acids is 1. The van der Waals surface area contributed by atoms with E-state index in [1.165, 1.54) is 0 Å². The lowest BCUT2D eigenvalue weighted by Gasteiger charge is -2.23. The molecule has 1 aromatic rings. The zero-order valence-electron chi connectivity index (χ0n) is 12.5. The molecule has 3 aliphatic carbocycles. The predicted molar refractivity (Wildman–Crippen MR) is 82.2 cm³/mol. The minimum Gasteiger partial charge on any atom is -0.481 e. The molecule has 0 radical (unpaired) electrons. The van der Waals surface area contributed by atoms with Gasteiger partial charge in [0.05, 0.1) is 11.8 Å². The molecule has 4 nitrogen and oxygen atoms in total. The fourth-order valence-electron chi connectivity index (χ4n) is 4.55. The van der Waals surface area contributed by atoms with Crippen LogP contribution in [0, 0.1) is 36.0 Å². The van der Waals surface area contributed by atoms with Gasteiger partial charge in [0.1, 0.15) is 0 Å². The Morgan fingerprint density at radius 3 is 2.23 bits per heavy atom. The van der Waals surface area contributed by atoms with Crippen molar-refractivity contribution in [2.45, 2.75) is 19.8 Å². The third kappa shape index (κ3) is 1.76. The zero-order chi connectivity index (χ0) is 15.5. The molecule has 0 unspecified atom stereocenters. The number of amides is 1. The molecule has 1 amide bonds. The maximum Gasteiger partial charge on any atom is 0.307 e. The number of carbonyl (C=O) groups is 2. The van der Waals surface area contributed by atoms with E-state index in [9.17, 15) is 14.7 Å². The predicted octanol–water partition coefficient (Wildman–Crippen LogP) is 2.85. The summed E-state index contributed by atoms with van der Waals surface area (Å²) >= 11 is 0. The van der Waals surface area contributed by atoms with Gasteiger partial charge in [0.2, 0.25) is 5.91 Å². The van der Waals surface area contributed by atoms with Crippen LogP contribution in [0.4, 0.5) is 5.69 Å². The van der Waals surface area contributed by atoms with Gasteiger partial charge in [0.15, 0.2) is 0 Å². The second kappa shape index (κ2) is 4.45. The highest BCUT2D eigenvalue weighted by Gasteiger charge is 2.70. The summed E-state index contributed by atoms with van der Waals surface area (Å²) in [6, 6.07) is 7.60. The number of carbonyl (C=O) groups excluding carboxylic acids is 1. The lowest BCUT2D eigenvalue weighted by molar-refractivity contribution is -0.146. The molecule has 4 heteroatoms. The number of rotatable bonds is 3. The van der Waals surface area contributed by atoms with E-state index < -0.39 is 17.8 Å². The van der Waals surface area contributed by atoms with Gasteiger partial charge >= 0.3 is 5.97 Å². The van der Waals surface area contributed by atoms with Crippen molar-refractivity contribution in [3.63, 3.8) is 0 Å². The maximum absolute atomic E-state index is 12.7. The first-order chi connectivity index (χ1) is 10.5. The van der Waals surface area contributed by atoms with E-state index in [1.54, 1.807) is 0 Å². The Balaban J connectivity index is 1.60. The summed E-state index contributed by atoms with van der Waals surface area (Å²) in [6.45, 7) is 1.99. The van der Waals surface area contributed by atoms with E-state index in [4.69, 9.17) is 0 Å². The topological polar surface area (TPSA) is 66.4 Å². The Morgan fingerprint density at radius 1 is 1.09 bits per heavy atom. The number of allylic oxidation sites excluding steroid dienone is 2. The molecule has 2 fully saturated rings. The van der Waals surface area contributed by atoms with Crippen molar-refractivity contribution < 1.29 is 14.7 Å². The summed E-state index contributed by atoms with van der Waals surface area (Å²) < 4.78 is 0. The lowest BCUT2D eigenvalue weighted by Crippen LogP contribution is -2.36. The van der Waals surface area contributed by atoms with Crippen LogP contribution in [0.3, 0.4) is 0 Å². The third-order valence-corrected chi connectivity index (χ3v) is 5.75. The molecule has 2 N–H and O–H groups in total. The molecule has 2 saturated carbocycles. The van der Waals surface area contributed by atoms with Crippen LogP contribution in [0.1, 0.15) is 18.4 Å². The molecule has 4 rings (SSSR count). The van der Waals surface area contributed by atoms with E-state index in [0.717, 1.165) is 24.1 Å². The molecule has 1 spiro atoms.